The van der Waals surface area contributed by atoms with Gasteiger partial charge in [-0.3, -0.25) is 14.7 Å². The summed E-state index contributed by atoms with van der Waals surface area (Å²) < 4.78 is 5.98. The third-order valence-corrected chi connectivity index (χ3v) is 5.80. The number of pyridine rings is 1. The summed E-state index contributed by atoms with van der Waals surface area (Å²) in [5.41, 5.74) is 0.659. The number of aromatic nitrogens is 1. The number of thiophene rings is 1. The lowest BCUT2D eigenvalue weighted by Gasteiger charge is -2.19. The molecule has 2 aliphatic rings. The smallest absolute Gasteiger partial charge is 0.251 e. The maximum Gasteiger partial charge on any atom is 0.251 e. The van der Waals surface area contributed by atoms with Gasteiger partial charge in [0.2, 0.25) is 0 Å². The molecule has 2 fully saturated rings. The van der Waals surface area contributed by atoms with E-state index >= 15 is 0 Å². The van der Waals surface area contributed by atoms with Gasteiger partial charge in [-0.2, -0.15) is 0 Å². The van der Waals surface area contributed by atoms with Crippen molar-refractivity contribution in [3.8, 4) is 0 Å². The molecule has 4 rings (SSSR count). The van der Waals surface area contributed by atoms with E-state index in [1.54, 1.807) is 35.9 Å². The number of amides is 1. The van der Waals surface area contributed by atoms with Gasteiger partial charge in [0.05, 0.1) is 12.7 Å². The zero-order chi connectivity index (χ0) is 16.4. The first kappa shape index (κ1) is 15.7. The second-order valence-electron chi connectivity index (χ2n) is 6.52. The van der Waals surface area contributed by atoms with Gasteiger partial charge in [-0.25, -0.2) is 0 Å². The molecule has 24 heavy (non-hydrogen) atoms. The Labute approximate surface area is 145 Å². The molecule has 0 radical (unpaired) electrons. The van der Waals surface area contributed by atoms with Gasteiger partial charge in [-0.05, 0) is 23.6 Å². The number of nitrogens with one attached hydrogen (secondary N) is 1. The highest BCUT2D eigenvalue weighted by Crippen LogP contribution is 2.34. The molecule has 2 aliphatic heterocycles. The Morgan fingerprint density at radius 1 is 1.33 bits per heavy atom. The summed E-state index contributed by atoms with van der Waals surface area (Å²) in [6.45, 7) is 4.48. The molecule has 2 saturated heterocycles. The number of fused-ring (bicyclic) bond motifs is 1. The van der Waals surface area contributed by atoms with Gasteiger partial charge in [-0.15, -0.1) is 11.3 Å². The summed E-state index contributed by atoms with van der Waals surface area (Å²) in [6, 6.07) is 7.76. The second-order valence-corrected chi connectivity index (χ2v) is 7.55. The summed E-state index contributed by atoms with van der Waals surface area (Å²) in [6.07, 6.45) is 3.60. The minimum absolute atomic E-state index is 0.0331. The molecule has 2 aromatic rings. The van der Waals surface area contributed by atoms with Crippen molar-refractivity contribution in [3.05, 3.63) is 52.5 Å². The SMILES string of the molecule is O=C(NC[C@H]1CO[C@@H]2CN(Cc3cccs3)C[C@H]12)c1ccncc1. The fourth-order valence-electron chi connectivity index (χ4n) is 3.67. The monoisotopic (exact) mass is 343 g/mol. The lowest BCUT2D eigenvalue weighted by molar-refractivity contribution is 0.0904. The molecule has 1 amide bonds. The van der Waals surface area contributed by atoms with E-state index in [-0.39, 0.29) is 5.91 Å². The van der Waals surface area contributed by atoms with Gasteiger partial charge >= 0.3 is 0 Å². The molecule has 0 unspecified atom stereocenters. The maximum absolute atomic E-state index is 12.2. The van der Waals surface area contributed by atoms with Crippen molar-refractivity contribution in [2.75, 3.05) is 26.2 Å². The minimum Gasteiger partial charge on any atom is -0.376 e. The number of ether oxygens (including phenoxy) is 1. The molecule has 0 aromatic carbocycles. The first-order chi connectivity index (χ1) is 11.8. The number of hydrogen-bond donors (Lipinski definition) is 1. The molecule has 2 aromatic heterocycles. The summed E-state index contributed by atoms with van der Waals surface area (Å²) in [4.78, 5) is 20.0. The number of nitrogens with zero attached hydrogens (tertiary/aromatic N) is 2. The predicted molar refractivity (Wildman–Crippen MR) is 92.9 cm³/mol. The summed E-state index contributed by atoms with van der Waals surface area (Å²) in [5, 5.41) is 5.18. The van der Waals surface area contributed by atoms with Crippen molar-refractivity contribution in [2.24, 2.45) is 11.8 Å². The van der Waals surface area contributed by atoms with Crippen LogP contribution in [-0.2, 0) is 11.3 Å². The van der Waals surface area contributed by atoms with E-state index in [9.17, 15) is 4.79 Å². The van der Waals surface area contributed by atoms with Crippen molar-refractivity contribution in [1.29, 1.82) is 0 Å². The predicted octanol–water partition coefficient (Wildman–Crippen LogP) is 2.02. The Morgan fingerprint density at radius 2 is 2.21 bits per heavy atom. The van der Waals surface area contributed by atoms with Crippen LogP contribution in [-0.4, -0.2) is 48.1 Å². The van der Waals surface area contributed by atoms with Crippen molar-refractivity contribution >= 4 is 17.2 Å². The van der Waals surface area contributed by atoms with Crippen molar-refractivity contribution in [3.63, 3.8) is 0 Å². The fraction of sp³-hybridized carbons (Fsp3) is 0.444. The molecule has 5 nitrogen and oxygen atoms in total. The topological polar surface area (TPSA) is 54.5 Å². The largest absolute Gasteiger partial charge is 0.376 e. The van der Waals surface area contributed by atoms with Gasteiger partial charge in [0.1, 0.15) is 0 Å². The number of rotatable bonds is 5. The Bertz CT molecular complexity index is 677. The highest BCUT2D eigenvalue weighted by Gasteiger charge is 2.43. The van der Waals surface area contributed by atoms with Gasteiger partial charge in [0.25, 0.3) is 5.91 Å². The fourth-order valence-corrected chi connectivity index (χ4v) is 4.42. The van der Waals surface area contributed by atoms with Crippen LogP contribution in [0.4, 0.5) is 0 Å². The van der Waals surface area contributed by atoms with Crippen molar-refractivity contribution in [2.45, 2.75) is 12.6 Å². The molecule has 1 N–H and O–H groups in total. The zero-order valence-corrected chi connectivity index (χ0v) is 14.2. The Hall–Kier alpha value is -1.76. The van der Waals surface area contributed by atoms with Gasteiger partial charge < -0.3 is 10.1 Å². The maximum atomic E-state index is 12.2. The van der Waals surface area contributed by atoms with E-state index < -0.39 is 0 Å². The van der Waals surface area contributed by atoms with E-state index in [1.165, 1.54) is 4.88 Å². The van der Waals surface area contributed by atoms with Gasteiger partial charge in [-0.1, -0.05) is 6.07 Å². The minimum atomic E-state index is -0.0331. The number of likely N-dealkylation sites (tertiary alicyclic amines) is 1. The van der Waals surface area contributed by atoms with Crippen LogP contribution in [0.5, 0.6) is 0 Å². The van der Waals surface area contributed by atoms with Crippen LogP contribution in [0.25, 0.3) is 0 Å². The first-order valence-corrected chi connectivity index (χ1v) is 9.22. The molecule has 0 spiro atoms. The van der Waals surface area contributed by atoms with E-state index in [0.717, 1.165) is 26.2 Å². The third-order valence-electron chi connectivity index (χ3n) is 4.94. The highest BCUT2D eigenvalue weighted by atomic mass is 32.1. The summed E-state index contributed by atoms with van der Waals surface area (Å²) in [5.74, 6) is 0.881. The quantitative estimate of drug-likeness (QED) is 0.902. The van der Waals surface area contributed by atoms with Crippen LogP contribution in [0.15, 0.2) is 42.0 Å². The number of carbonyl (C=O) groups is 1. The number of carbonyl (C=O) groups excluding carboxylic acids is 1. The lowest BCUT2D eigenvalue weighted by atomic mass is 9.93. The van der Waals surface area contributed by atoms with E-state index in [1.807, 2.05) is 0 Å². The normalized spacial score (nSPS) is 26.4. The van der Waals surface area contributed by atoms with Crippen LogP contribution in [0, 0.1) is 11.8 Å². The van der Waals surface area contributed by atoms with Crippen LogP contribution in [0.2, 0.25) is 0 Å². The van der Waals surface area contributed by atoms with Gasteiger partial charge in [0, 0.05) is 60.8 Å². The summed E-state index contributed by atoms with van der Waals surface area (Å²) in [7, 11) is 0. The Morgan fingerprint density at radius 3 is 3.00 bits per heavy atom. The summed E-state index contributed by atoms with van der Waals surface area (Å²) >= 11 is 1.81. The Kier molecular flexibility index (Phi) is 4.60. The van der Waals surface area contributed by atoms with E-state index in [4.69, 9.17) is 4.74 Å². The van der Waals surface area contributed by atoms with Crippen LogP contribution >= 0.6 is 11.3 Å². The molecule has 126 valence electrons. The zero-order valence-electron chi connectivity index (χ0n) is 13.4. The Balaban J connectivity index is 1.30. The molecule has 0 saturated carbocycles. The van der Waals surface area contributed by atoms with Crippen molar-refractivity contribution in [1.82, 2.24) is 15.2 Å². The van der Waals surface area contributed by atoms with Crippen LogP contribution < -0.4 is 5.32 Å². The standard InChI is InChI=1S/C18H21N3O2S/c22-18(13-3-5-19-6-4-13)20-8-14-12-23-17-11-21(10-16(14)17)9-15-2-1-7-24-15/h1-7,14,16-17H,8-12H2,(H,20,22)/t14-,16+,17+/m0/s1. The molecule has 6 heteroatoms. The molecule has 3 atom stereocenters. The molecule has 0 aliphatic carbocycles. The van der Waals surface area contributed by atoms with Gasteiger partial charge in [0.15, 0.2) is 0 Å². The average molecular weight is 343 g/mol. The van der Waals surface area contributed by atoms with Crippen molar-refractivity contribution < 1.29 is 9.53 Å². The lowest BCUT2D eigenvalue weighted by Crippen LogP contribution is -2.34. The van der Waals surface area contributed by atoms with Crippen LogP contribution in [0.1, 0.15) is 15.2 Å². The second kappa shape index (κ2) is 7.01. The molecule has 0 bridgehead atoms. The highest BCUT2D eigenvalue weighted by molar-refractivity contribution is 7.09. The number of hydrogen-bond acceptors (Lipinski definition) is 5. The molecular weight excluding hydrogens is 322 g/mol. The van der Waals surface area contributed by atoms with E-state index in [0.29, 0.717) is 30.0 Å². The average Bonchev–Trinajstić information content (AvgIpc) is 3.32. The molecular formula is C18H21N3O2S. The third kappa shape index (κ3) is 3.36. The van der Waals surface area contributed by atoms with Crippen LogP contribution in [0.3, 0.4) is 0 Å². The molecule has 4 heterocycles. The van der Waals surface area contributed by atoms with E-state index in [2.05, 4.69) is 32.7 Å². The first-order valence-electron chi connectivity index (χ1n) is 8.34.